The van der Waals surface area contributed by atoms with Crippen LogP contribution < -0.4 is 5.73 Å². The summed E-state index contributed by atoms with van der Waals surface area (Å²) in [5.41, 5.74) is 6.43. The van der Waals surface area contributed by atoms with Gasteiger partial charge in [0, 0.05) is 31.1 Å². The summed E-state index contributed by atoms with van der Waals surface area (Å²) in [6, 6.07) is 0. The van der Waals surface area contributed by atoms with E-state index in [1.54, 1.807) is 0 Å². The molecule has 1 aliphatic carbocycles. The minimum Gasteiger partial charge on any atom is -0.365 e. The molecule has 1 saturated heterocycles. The van der Waals surface area contributed by atoms with E-state index in [0.29, 0.717) is 17.8 Å². The van der Waals surface area contributed by atoms with Crippen LogP contribution in [0.3, 0.4) is 0 Å². The minimum absolute atomic E-state index is 0.0805. The maximum absolute atomic E-state index is 12.2. The first-order chi connectivity index (χ1) is 9.66. The molecule has 1 aromatic rings. The van der Waals surface area contributed by atoms with Crippen LogP contribution in [-0.2, 0) is 4.79 Å². The van der Waals surface area contributed by atoms with Gasteiger partial charge in [0.25, 0.3) is 5.91 Å². The van der Waals surface area contributed by atoms with Crippen molar-refractivity contribution < 1.29 is 9.59 Å². The van der Waals surface area contributed by atoms with Gasteiger partial charge in [-0.05, 0) is 25.7 Å². The van der Waals surface area contributed by atoms with Crippen molar-refractivity contribution in [1.82, 2.24) is 14.9 Å². The molecule has 2 aliphatic rings. The highest BCUT2D eigenvalue weighted by Crippen LogP contribution is 2.34. The number of aromatic nitrogens is 2. The van der Waals surface area contributed by atoms with E-state index in [2.05, 4.69) is 9.97 Å². The van der Waals surface area contributed by atoms with E-state index >= 15 is 0 Å². The molecule has 1 aliphatic heterocycles. The number of primary amides is 1. The molecule has 0 aromatic carbocycles. The van der Waals surface area contributed by atoms with Crippen LogP contribution in [0.2, 0.25) is 0 Å². The van der Waals surface area contributed by atoms with Crippen LogP contribution in [0.15, 0.2) is 12.5 Å². The molecule has 0 radical (unpaired) electrons. The van der Waals surface area contributed by atoms with E-state index in [-0.39, 0.29) is 17.7 Å². The van der Waals surface area contributed by atoms with E-state index in [0.717, 1.165) is 32.2 Å². The molecule has 0 spiro atoms. The van der Waals surface area contributed by atoms with E-state index in [9.17, 15) is 9.59 Å². The van der Waals surface area contributed by atoms with Crippen molar-refractivity contribution in [1.29, 1.82) is 0 Å². The van der Waals surface area contributed by atoms with Gasteiger partial charge in [-0.25, -0.2) is 9.97 Å². The number of piperidine rings is 1. The molecule has 1 unspecified atom stereocenters. The van der Waals surface area contributed by atoms with Crippen molar-refractivity contribution >= 4 is 11.8 Å². The lowest BCUT2D eigenvalue weighted by atomic mass is 9.91. The first-order valence-corrected chi connectivity index (χ1v) is 7.05. The van der Waals surface area contributed by atoms with Gasteiger partial charge in [0.05, 0.1) is 11.3 Å². The van der Waals surface area contributed by atoms with Crippen molar-refractivity contribution in [3.8, 4) is 0 Å². The molecule has 2 fully saturated rings. The first-order valence-electron chi connectivity index (χ1n) is 7.05. The Morgan fingerprint density at radius 3 is 2.80 bits per heavy atom. The maximum Gasteiger partial charge on any atom is 0.252 e. The Labute approximate surface area is 117 Å². The van der Waals surface area contributed by atoms with Gasteiger partial charge in [0.15, 0.2) is 0 Å². The Hall–Kier alpha value is -1.98. The molecule has 1 saturated carbocycles. The molecule has 1 aromatic heterocycles. The van der Waals surface area contributed by atoms with Gasteiger partial charge in [0.2, 0.25) is 5.91 Å². The number of nitrogens with zero attached hydrogens (tertiary/aromatic N) is 3. The van der Waals surface area contributed by atoms with Gasteiger partial charge in [0.1, 0.15) is 6.33 Å². The van der Waals surface area contributed by atoms with E-state index < -0.39 is 5.91 Å². The van der Waals surface area contributed by atoms with Crippen LogP contribution in [0.5, 0.6) is 0 Å². The number of rotatable bonds is 3. The van der Waals surface area contributed by atoms with Gasteiger partial charge in [-0.2, -0.15) is 0 Å². The third-order valence-corrected chi connectivity index (χ3v) is 4.05. The number of hydrogen-bond donors (Lipinski definition) is 1. The summed E-state index contributed by atoms with van der Waals surface area (Å²) in [4.78, 5) is 33.6. The Kier molecular flexibility index (Phi) is 3.38. The zero-order valence-corrected chi connectivity index (χ0v) is 11.3. The molecule has 0 bridgehead atoms. The van der Waals surface area contributed by atoms with Crippen molar-refractivity contribution in [2.75, 3.05) is 13.1 Å². The van der Waals surface area contributed by atoms with Gasteiger partial charge >= 0.3 is 0 Å². The Morgan fingerprint density at radius 1 is 1.30 bits per heavy atom. The van der Waals surface area contributed by atoms with Crippen molar-refractivity contribution in [3.63, 3.8) is 0 Å². The fourth-order valence-electron chi connectivity index (χ4n) is 2.84. The molecule has 106 valence electrons. The molecular weight excluding hydrogens is 256 g/mol. The fraction of sp³-hybridized carbons (Fsp3) is 0.571. The van der Waals surface area contributed by atoms with Crippen molar-refractivity contribution in [3.05, 3.63) is 23.8 Å². The molecule has 3 rings (SSSR count). The van der Waals surface area contributed by atoms with Crippen molar-refractivity contribution in [2.45, 2.75) is 31.6 Å². The molecule has 6 heteroatoms. The topological polar surface area (TPSA) is 89.2 Å². The van der Waals surface area contributed by atoms with Crippen LogP contribution in [0.1, 0.15) is 47.7 Å². The second-order valence-corrected chi connectivity index (χ2v) is 5.58. The molecular formula is C14H18N4O2. The van der Waals surface area contributed by atoms with Gasteiger partial charge in [-0.15, -0.1) is 0 Å². The average Bonchev–Trinajstić information content (AvgIpc) is 3.31. The molecule has 2 amide bonds. The zero-order chi connectivity index (χ0) is 14.1. The summed E-state index contributed by atoms with van der Waals surface area (Å²) in [6.45, 7) is 1.44. The van der Waals surface area contributed by atoms with Crippen LogP contribution in [0.25, 0.3) is 0 Å². The summed E-state index contributed by atoms with van der Waals surface area (Å²) in [5.74, 6) is 0.0577. The Bertz CT molecular complexity index is 542. The zero-order valence-electron chi connectivity index (χ0n) is 11.3. The van der Waals surface area contributed by atoms with Gasteiger partial charge in [-0.3, -0.25) is 9.59 Å². The number of carbonyl (C=O) groups excluding carboxylic acids is 2. The second kappa shape index (κ2) is 5.19. The first kappa shape index (κ1) is 13.0. The number of amides is 2. The van der Waals surface area contributed by atoms with Crippen LogP contribution in [-0.4, -0.2) is 39.8 Å². The third kappa shape index (κ3) is 2.50. The highest BCUT2D eigenvalue weighted by molar-refractivity contribution is 5.93. The minimum atomic E-state index is -0.508. The Morgan fingerprint density at radius 2 is 2.10 bits per heavy atom. The largest absolute Gasteiger partial charge is 0.365 e. The van der Waals surface area contributed by atoms with Gasteiger partial charge in [-0.1, -0.05) is 0 Å². The molecule has 6 nitrogen and oxygen atoms in total. The smallest absolute Gasteiger partial charge is 0.252 e. The molecule has 2 heterocycles. The van der Waals surface area contributed by atoms with Crippen LogP contribution >= 0.6 is 0 Å². The van der Waals surface area contributed by atoms with Crippen molar-refractivity contribution in [2.24, 2.45) is 11.7 Å². The monoisotopic (exact) mass is 274 g/mol. The highest BCUT2D eigenvalue weighted by atomic mass is 16.2. The molecule has 2 N–H and O–H groups in total. The summed E-state index contributed by atoms with van der Waals surface area (Å²) in [7, 11) is 0. The Balaban J connectivity index is 1.79. The number of likely N-dealkylation sites (tertiary alicyclic amines) is 1. The molecule has 1 atom stereocenters. The normalized spacial score (nSPS) is 22.6. The average molecular weight is 274 g/mol. The van der Waals surface area contributed by atoms with Crippen LogP contribution in [0.4, 0.5) is 0 Å². The standard InChI is InChI=1S/C14H18N4O2/c15-13(19)11-6-16-8-17-12(11)10-2-1-5-18(7-10)14(20)9-3-4-9/h6,8-10H,1-5,7H2,(H2,15,19). The van der Waals surface area contributed by atoms with Crippen LogP contribution in [0, 0.1) is 5.92 Å². The summed E-state index contributed by atoms with van der Waals surface area (Å²) >= 11 is 0. The number of hydrogen-bond acceptors (Lipinski definition) is 4. The lowest BCUT2D eigenvalue weighted by Gasteiger charge is -2.33. The maximum atomic E-state index is 12.2. The highest BCUT2D eigenvalue weighted by Gasteiger charge is 2.36. The lowest BCUT2D eigenvalue weighted by molar-refractivity contribution is -0.133. The summed E-state index contributed by atoms with van der Waals surface area (Å²) in [5, 5.41) is 0. The number of nitrogens with two attached hydrogens (primary N) is 1. The molecule has 20 heavy (non-hydrogen) atoms. The number of carbonyl (C=O) groups is 2. The predicted octanol–water partition coefficient (Wildman–Crippen LogP) is 0.691. The lowest BCUT2D eigenvalue weighted by Crippen LogP contribution is -2.40. The fourth-order valence-corrected chi connectivity index (χ4v) is 2.84. The summed E-state index contributed by atoms with van der Waals surface area (Å²) in [6.07, 6.45) is 6.78. The third-order valence-electron chi connectivity index (χ3n) is 4.05. The van der Waals surface area contributed by atoms with E-state index in [1.165, 1.54) is 12.5 Å². The van der Waals surface area contributed by atoms with Gasteiger partial charge < -0.3 is 10.6 Å². The van der Waals surface area contributed by atoms with E-state index in [4.69, 9.17) is 5.73 Å². The quantitative estimate of drug-likeness (QED) is 0.878. The van der Waals surface area contributed by atoms with E-state index in [1.807, 2.05) is 4.90 Å². The summed E-state index contributed by atoms with van der Waals surface area (Å²) < 4.78 is 0. The SMILES string of the molecule is NC(=O)c1cncnc1C1CCCN(C(=O)C2CC2)C1. The second-order valence-electron chi connectivity index (χ2n) is 5.58. The predicted molar refractivity (Wildman–Crippen MR) is 71.8 cm³/mol.